The van der Waals surface area contributed by atoms with E-state index < -0.39 is 0 Å². The topological polar surface area (TPSA) is 9.86 Å². The van der Waals surface area contributed by atoms with Crippen LogP contribution in [0.1, 0.15) is 0 Å². The Morgan fingerprint density at radius 3 is 1.45 bits per heavy atom. The molecule has 0 spiro atoms. The third kappa shape index (κ3) is 4.29. The summed E-state index contributed by atoms with van der Waals surface area (Å²) in [5.74, 6) is 0. The average molecular weight is 667 g/mol. The molecule has 0 N–H and O–H groups in total. The molecular weight excluding hydrogens is 637 g/mol. The van der Waals surface area contributed by atoms with E-state index in [1.54, 1.807) is 0 Å². The van der Waals surface area contributed by atoms with Gasteiger partial charge in [0.1, 0.15) is 0 Å². The van der Waals surface area contributed by atoms with Gasteiger partial charge in [-0.15, -0.1) is 11.3 Å². The molecule has 0 saturated heterocycles. The van der Waals surface area contributed by atoms with E-state index in [0.717, 1.165) is 5.69 Å². The quantitative estimate of drug-likeness (QED) is 0.177. The van der Waals surface area contributed by atoms with Gasteiger partial charge in [0.2, 0.25) is 0 Å². The zero-order valence-corrected chi connectivity index (χ0v) is 28.4. The second-order valence-corrected chi connectivity index (χ2v) is 14.4. The van der Waals surface area contributed by atoms with Crippen LogP contribution in [0.25, 0.3) is 97.4 Å². The number of aromatic nitrogens is 2. The smallest absolute Gasteiger partial charge is 0.0548 e. The van der Waals surface area contributed by atoms with Gasteiger partial charge in [-0.3, -0.25) is 0 Å². The Bertz CT molecular complexity index is 3050. The summed E-state index contributed by atoms with van der Waals surface area (Å²) >= 11 is 1.88. The van der Waals surface area contributed by atoms with E-state index in [9.17, 15) is 0 Å². The van der Waals surface area contributed by atoms with Gasteiger partial charge in [-0.1, -0.05) is 115 Å². The van der Waals surface area contributed by atoms with Crippen molar-refractivity contribution < 1.29 is 0 Å². The van der Waals surface area contributed by atoms with Crippen molar-refractivity contribution in [2.45, 2.75) is 0 Å². The molecule has 3 aromatic heterocycles. The largest absolute Gasteiger partial charge is 0.309 e. The van der Waals surface area contributed by atoms with Crippen LogP contribution < -0.4 is 0 Å². The highest BCUT2D eigenvalue weighted by Gasteiger charge is 2.19. The first-order chi connectivity index (χ1) is 25.3. The predicted molar refractivity (Wildman–Crippen MR) is 219 cm³/mol. The summed E-state index contributed by atoms with van der Waals surface area (Å²) in [5.41, 5.74) is 12.1. The van der Waals surface area contributed by atoms with Gasteiger partial charge >= 0.3 is 0 Å². The molecule has 238 valence electrons. The molecule has 0 fully saturated rings. The maximum Gasteiger partial charge on any atom is 0.0548 e. The van der Waals surface area contributed by atoms with Gasteiger partial charge in [0.15, 0.2) is 0 Å². The highest BCUT2D eigenvalue weighted by Crippen LogP contribution is 2.44. The van der Waals surface area contributed by atoms with E-state index in [-0.39, 0.29) is 0 Å². The Morgan fingerprint density at radius 2 is 0.784 bits per heavy atom. The third-order valence-electron chi connectivity index (χ3n) is 10.5. The van der Waals surface area contributed by atoms with Gasteiger partial charge in [-0.05, 0) is 89.0 Å². The number of benzene rings is 8. The molecule has 3 heterocycles. The number of rotatable bonds is 4. The maximum absolute atomic E-state index is 2.44. The first-order valence-electron chi connectivity index (χ1n) is 17.4. The van der Waals surface area contributed by atoms with Crippen molar-refractivity contribution in [3.63, 3.8) is 0 Å². The van der Waals surface area contributed by atoms with E-state index >= 15 is 0 Å². The Morgan fingerprint density at radius 1 is 0.294 bits per heavy atom. The highest BCUT2D eigenvalue weighted by atomic mass is 32.1. The number of fused-ring (bicyclic) bond motifs is 10. The lowest BCUT2D eigenvalue weighted by atomic mass is 10.0. The Kier molecular flexibility index (Phi) is 6.16. The minimum Gasteiger partial charge on any atom is -0.309 e. The zero-order valence-electron chi connectivity index (χ0n) is 27.6. The molecule has 0 aliphatic rings. The summed E-state index contributed by atoms with van der Waals surface area (Å²) in [6, 6.07) is 66.5. The summed E-state index contributed by atoms with van der Waals surface area (Å²) < 4.78 is 7.47. The van der Waals surface area contributed by atoms with E-state index in [2.05, 4.69) is 191 Å². The fraction of sp³-hybridized carbons (Fsp3) is 0. The van der Waals surface area contributed by atoms with Crippen molar-refractivity contribution in [2.24, 2.45) is 0 Å². The lowest BCUT2D eigenvalue weighted by Crippen LogP contribution is -1.94. The van der Waals surface area contributed by atoms with Crippen LogP contribution in [0.3, 0.4) is 0 Å². The van der Waals surface area contributed by atoms with Crippen molar-refractivity contribution in [1.82, 2.24) is 9.13 Å². The van der Waals surface area contributed by atoms with Gasteiger partial charge in [0.25, 0.3) is 0 Å². The molecule has 3 heteroatoms. The summed E-state index contributed by atoms with van der Waals surface area (Å²) in [5, 5.41) is 7.84. The van der Waals surface area contributed by atoms with Crippen molar-refractivity contribution in [3.05, 3.63) is 182 Å². The zero-order chi connectivity index (χ0) is 33.5. The summed E-state index contributed by atoms with van der Waals surface area (Å²) in [6.45, 7) is 0. The molecule has 8 aromatic carbocycles. The monoisotopic (exact) mass is 666 g/mol. The van der Waals surface area contributed by atoms with Crippen LogP contribution in [0.2, 0.25) is 0 Å². The van der Waals surface area contributed by atoms with Crippen LogP contribution in [0.5, 0.6) is 0 Å². The van der Waals surface area contributed by atoms with Crippen molar-refractivity contribution in [2.75, 3.05) is 0 Å². The molecule has 0 unspecified atom stereocenters. The fourth-order valence-corrected chi connectivity index (χ4v) is 9.33. The van der Waals surface area contributed by atoms with Crippen molar-refractivity contribution >= 4 is 75.1 Å². The molecule has 0 saturated carbocycles. The molecule has 0 aliphatic heterocycles. The van der Waals surface area contributed by atoms with Gasteiger partial charge < -0.3 is 9.13 Å². The van der Waals surface area contributed by atoms with Crippen LogP contribution in [0, 0.1) is 0 Å². The third-order valence-corrected chi connectivity index (χ3v) is 11.7. The van der Waals surface area contributed by atoms with Crippen LogP contribution in [0.15, 0.2) is 182 Å². The van der Waals surface area contributed by atoms with E-state index in [1.165, 1.54) is 91.7 Å². The molecule has 51 heavy (non-hydrogen) atoms. The van der Waals surface area contributed by atoms with Crippen LogP contribution in [-0.4, -0.2) is 9.13 Å². The normalized spacial score (nSPS) is 11.9. The fourth-order valence-electron chi connectivity index (χ4n) is 8.22. The van der Waals surface area contributed by atoms with Crippen molar-refractivity contribution in [1.29, 1.82) is 0 Å². The minimum atomic E-state index is 1.16. The lowest BCUT2D eigenvalue weighted by Gasteiger charge is -2.11. The van der Waals surface area contributed by atoms with E-state index in [1.807, 2.05) is 11.3 Å². The molecule has 0 amide bonds. The van der Waals surface area contributed by atoms with Crippen molar-refractivity contribution in [3.8, 4) is 33.6 Å². The molecule has 0 bridgehead atoms. The Hall–Kier alpha value is -6.42. The molecule has 11 aromatic rings. The second-order valence-electron chi connectivity index (χ2n) is 13.3. The molecular formula is C48H30N2S. The molecule has 0 atom stereocenters. The lowest BCUT2D eigenvalue weighted by molar-refractivity contribution is 1.18. The first kappa shape index (κ1) is 28.4. The van der Waals surface area contributed by atoms with E-state index in [4.69, 9.17) is 0 Å². The molecule has 2 nitrogen and oxygen atoms in total. The predicted octanol–water partition coefficient (Wildman–Crippen LogP) is 13.6. The Balaban J connectivity index is 1.05. The van der Waals surface area contributed by atoms with Crippen LogP contribution >= 0.6 is 11.3 Å². The number of hydrogen-bond donors (Lipinski definition) is 0. The second kappa shape index (κ2) is 11.0. The van der Waals surface area contributed by atoms with Gasteiger partial charge in [-0.2, -0.15) is 0 Å². The SMILES string of the molecule is c1ccc(-c2ccc3c(c2)c2c4c(ccc2n3-c2ccc(-c3ccc(-n5c6ccccc6c6ccccc65)cc3)cc2)sc2ccccc24)cc1. The number of hydrogen-bond acceptors (Lipinski definition) is 1. The molecule has 0 radical (unpaired) electrons. The summed E-state index contributed by atoms with van der Waals surface area (Å²) in [4.78, 5) is 0. The first-order valence-corrected chi connectivity index (χ1v) is 18.3. The average Bonchev–Trinajstić information content (AvgIpc) is 3.86. The molecule has 11 rings (SSSR count). The number of para-hydroxylation sites is 2. The molecule has 0 aliphatic carbocycles. The minimum absolute atomic E-state index is 1.16. The number of nitrogens with zero attached hydrogens (tertiary/aromatic N) is 2. The Labute approximate surface area is 298 Å². The summed E-state index contributed by atoms with van der Waals surface area (Å²) in [6.07, 6.45) is 0. The maximum atomic E-state index is 2.44. The van der Waals surface area contributed by atoms with Crippen LogP contribution in [0.4, 0.5) is 0 Å². The highest BCUT2D eigenvalue weighted by molar-refractivity contribution is 7.26. The number of thiophene rings is 1. The van der Waals surface area contributed by atoms with Gasteiger partial charge in [-0.25, -0.2) is 0 Å². The van der Waals surface area contributed by atoms with Gasteiger partial charge in [0, 0.05) is 53.1 Å². The standard InChI is InChI=1S/C48H30N2S/c1-2-10-31(11-3-1)34-22-27-43-40(30-34)47-44(28-29-46-48(47)39-14-6-9-17-45(39)51-46)50(43)36-25-20-33(21-26-36)32-18-23-35(24-19-32)49-41-15-7-4-12-37(41)38-13-5-8-16-42(38)49/h1-30H. The van der Waals surface area contributed by atoms with E-state index in [0.29, 0.717) is 0 Å². The summed E-state index contributed by atoms with van der Waals surface area (Å²) in [7, 11) is 0. The van der Waals surface area contributed by atoms with Gasteiger partial charge in [0.05, 0.1) is 22.1 Å². The van der Waals surface area contributed by atoms with Crippen LogP contribution in [-0.2, 0) is 0 Å².